The minimum atomic E-state index is -0.0139. The van der Waals surface area contributed by atoms with E-state index in [4.69, 9.17) is 0 Å². The van der Waals surface area contributed by atoms with Gasteiger partial charge in [0.2, 0.25) is 0 Å². The van der Waals surface area contributed by atoms with E-state index in [9.17, 15) is 4.79 Å². The minimum Gasteiger partial charge on any atom is -0.325 e. The molecule has 1 fully saturated rings. The molecule has 0 saturated carbocycles. The molecule has 0 unspecified atom stereocenters. The highest BCUT2D eigenvalue weighted by Crippen LogP contribution is 2.23. The highest BCUT2D eigenvalue weighted by atomic mass is 16.2. The van der Waals surface area contributed by atoms with Crippen molar-refractivity contribution in [3.63, 3.8) is 0 Å². The van der Waals surface area contributed by atoms with Crippen LogP contribution in [0.5, 0.6) is 0 Å². The quantitative estimate of drug-likeness (QED) is 0.913. The maximum Gasteiger partial charge on any atom is 0.321 e. The van der Waals surface area contributed by atoms with Gasteiger partial charge in [-0.05, 0) is 56.2 Å². The van der Waals surface area contributed by atoms with E-state index >= 15 is 0 Å². The zero-order valence-electron chi connectivity index (χ0n) is 14.2. The molecule has 126 valence electrons. The third kappa shape index (κ3) is 4.57. The zero-order valence-corrected chi connectivity index (χ0v) is 14.2. The molecule has 0 radical (unpaired) electrons. The van der Waals surface area contributed by atoms with Crippen LogP contribution in [0.25, 0.3) is 0 Å². The summed E-state index contributed by atoms with van der Waals surface area (Å²) in [6.07, 6.45) is 7.90. The van der Waals surface area contributed by atoms with E-state index in [0.717, 1.165) is 38.0 Å². The molecule has 24 heavy (non-hydrogen) atoms. The second kappa shape index (κ2) is 7.95. The number of hydrogen-bond acceptors (Lipinski definition) is 2. The molecule has 1 aliphatic heterocycles. The molecule has 2 amide bonds. The van der Waals surface area contributed by atoms with Crippen LogP contribution in [0.2, 0.25) is 0 Å². The normalized spacial score (nSPS) is 15.3. The number of amides is 2. The number of nitrogens with one attached hydrogen (secondary N) is 1. The number of carbonyl (C=O) groups excluding carboxylic acids is 1. The SMILES string of the molecule is Cc1ccc(CCC2CCN(C(=O)Nc3cccnc3)CC2)cc1. The summed E-state index contributed by atoms with van der Waals surface area (Å²) in [6.45, 7) is 3.80. The number of benzene rings is 1. The lowest BCUT2D eigenvalue weighted by Crippen LogP contribution is -2.41. The van der Waals surface area contributed by atoms with E-state index in [1.54, 1.807) is 12.4 Å². The predicted octanol–water partition coefficient (Wildman–Crippen LogP) is 4.27. The van der Waals surface area contributed by atoms with Gasteiger partial charge in [0.25, 0.3) is 0 Å². The van der Waals surface area contributed by atoms with Gasteiger partial charge in [-0.1, -0.05) is 29.8 Å². The van der Waals surface area contributed by atoms with E-state index in [2.05, 4.69) is 41.5 Å². The van der Waals surface area contributed by atoms with Crippen molar-refractivity contribution in [3.8, 4) is 0 Å². The Labute approximate surface area is 143 Å². The summed E-state index contributed by atoms with van der Waals surface area (Å²) >= 11 is 0. The van der Waals surface area contributed by atoms with E-state index in [1.807, 2.05) is 17.0 Å². The fourth-order valence-electron chi connectivity index (χ4n) is 3.19. The number of nitrogens with zero attached hydrogens (tertiary/aromatic N) is 2. The third-order valence-electron chi connectivity index (χ3n) is 4.78. The predicted molar refractivity (Wildman–Crippen MR) is 97.1 cm³/mol. The van der Waals surface area contributed by atoms with Crippen LogP contribution in [0.3, 0.4) is 0 Å². The lowest BCUT2D eigenvalue weighted by atomic mass is 9.90. The van der Waals surface area contributed by atoms with E-state index in [1.165, 1.54) is 17.5 Å². The monoisotopic (exact) mass is 323 g/mol. The van der Waals surface area contributed by atoms with Gasteiger partial charge in [-0.25, -0.2) is 4.79 Å². The Morgan fingerprint density at radius 1 is 1.21 bits per heavy atom. The van der Waals surface area contributed by atoms with Crippen LogP contribution in [-0.4, -0.2) is 29.0 Å². The first-order valence-electron chi connectivity index (χ1n) is 8.72. The number of aryl methyl sites for hydroxylation is 2. The van der Waals surface area contributed by atoms with Crippen LogP contribution in [0, 0.1) is 12.8 Å². The number of hydrogen-bond donors (Lipinski definition) is 1. The van der Waals surface area contributed by atoms with Crippen LogP contribution in [-0.2, 0) is 6.42 Å². The number of likely N-dealkylation sites (tertiary alicyclic amines) is 1. The lowest BCUT2D eigenvalue weighted by molar-refractivity contribution is 0.180. The van der Waals surface area contributed by atoms with Gasteiger partial charge in [-0.3, -0.25) is 4.98 Å². The molecule has 4 heteroatoms. The van der Waals surface area contributed by atoms with Crippen molar-refractivity contribution in [2.45, 2.75) is 32.6 Å². The standard InChI is InChI=1S/C20H25N3O/c1-16-4-6-17(7-5-16)8-9-18-10-13-23(14-11-18)20(24)22-19-3-2-12-21-15-19/h2-7,12,15,18H,8-11,13-14H2,1H3,(H,22,24). The lowest BCUT2D eigenvalue weighted by Gasteiger charge is -2.32. The zero-order chi connectivity index (χ0) is 16.8. The molecule has 1 aromatic carbocycles. The van der Waals surface area contributed by atoms with Gasteiger partial charge in [0.05, 0.1) is 11.9 Å². The Balaban J connectivity index is 1.42. The molecule has 1 aliphatic rings. The third-order valence-corrected chi connectivity index (χ3v) is 4.78. The summed E-state index contributed by atoms with van der Waals surface area (Å²) in [5, 5.41) is 2.91. The molecule has 0 spiro atoms. The number of rotatable bonds is 4. The molecule has 3 rings (SSSR count). The molecule has 2 aromatic rings. The van der Waals surface area contributed by atoms with Crippen molar-refractivity contribution >= 4 is 11.7 Å². The Morgan fingerprint density at radius 3 is 2.62 bits per heavy atom. The molecule has 0 atom stereocenters. The Morgan fingerprint density at radius 2 is 1.96 bits per heavy atom. The molecule has 1 saturated heterocycles. The number of piperidine rings is 1. The van der Waals surface area contributed by atoms with Crippen molar-refractivity contribution in [2.24, 2.45) is 5.92 Å². The first kappa shape index (κ1) is 16.5. The van der Waals surface area contributed by atoms with Crippen molar-refractivity contribution in [3.05, 3.63) is 59.9 Å². The fourth-order valence-corrected chi connectivity index (χ4v) is 3.19. The van der Waals surface area contributed by atoms with Crippen molar-refractivity contribution in [2.75, 3.05) is 18.4 Å². The molecule has 1 aromatic heterocycles. The summed E-state index contributed by atoms with van der Waals surface area (Å²) in [4.78, 5) is 18.2. The molecule has 1 N–H and O–H groups in total. The number of carbonyl (C=O) groups is 1. The van der Waals surface area contributed by atoms with Crippen LogP contribution < -0.4 is 5.32 Å². The minimum absolute atomic E-state index is 0.0139. The van der Waals surface area contributed by atoms with Crippen molar-refractivity contribution in [1.82, 2.24) is 9.88 Å². The molecule has 4 nitrogen and oxygen atoms in total. The number of urea groups is 1. The van der Waals surface area contributed by atoms with Gasteiger partial charge in [0.15, 0.2) is 0 Å². The average Bonchev–Trinajstić information content (AvgIpc) is 2.62. The van der Waals surface area contributed by atoms with Crippen LogP contribution in [0.15, 0.2) is 48.8 Å². The molecule has 0 bridgehead atoms. The topological polar surface area (TPSA) is 45.2 Å². The first-order chi connectivity index (χ1) is 11.7. The number of anilines is 1. The summed E-state index contributed by atoms with van der Waals surface area (Å²) in [5.74, 6) is 0.716. The second-order valence-corrected chi connectivity index (χ2v) is 6.63. The summed E-state index contributed by atoms with van der Waals surface area (Å²) in [5.41, 5.74) is 3.48. The van der Waals surface area contributed by atoms with Crippen LogP contribution >= 0.6 is 0 Å². The number of pyridine rings is 1. The Hall–Kier alpha value is -2.36. The van der Waals surface area contributed by atoms with Gasteiger partial charge in [0.1, 0.15) is 0 Å². The molecular weight excluding hydrogens is 298 g/mol. The van der Waals surface area contributed by atoms with Gasteiger partial charge in [-0.2, -0.15) is 0 Å². The average molecular weight is 323 g/mol. The van der Waals surface area contributed by atoms with Crippen LogP contribution in [0.1, 0.15) is 30.4 Å². The molecular formula is C20H25N3O. The second-order valence-electron chi connectivity index (χ2n) is 6.63. The fraction of sp³-hybridized carbons (Fsp3) is 0.400. The maximum absolute atomic E-state index is 12.3. The summed E-state index contributed by atoms with van der Waals surface area (Å²) in [7, 11) is 0. The maximum atomic E-state index is 12.3. The molecule has 2 heterocycles. The highest BCUT2D eigenvalue weighted by Gasteiger charge is 2.22. The summed E-state index contributed by atoms with van der Waals surface area (Å²) < 4.78 is 0. The number of aromatic nitrogens is 1. The Kier molecular flexibility index (Phi) is 5.47. The molecule has 0 aliphatic carbocycles. The van der Waals surface area contributed by atoms with E-state index in [0.29, 0.717) is 5.92 Å². The van der Waals surface area contributed by atoms with Crippen LogP contribution in [0.4, 0.5) is 10.5 Å². The smallest absolute Gasteiger partial charge is 0.321 e. The summed E-state index contributed by atoms with van der Waals surface area (Å²) in [6, 6.07) is 12.5. The van der Waals surface area contributed by atoms with Gasteiger partial charge >= 0.3 is 6.03 Å². The van der Waals surface area contributed by atoms with Gasteiger partial charge in [-0.15, -0.1) is 0 Å². The first-order valence-corrected chi connectivity index (χ1v) is 8.72. The van der Waals surface area contributed by atoms with Gasteiger partial charge in [0, 0.05) is 19.3 Å². The highest BCUT2D eigenvalue weighted by molar-refractivity contribution is 5.89. The van der Waals surface area contributed by atoms with E-state index in [-0.39, 0.29) is 6.03 Å². The Bertz CT molecular complexity index is 646. The van der Waals surface area contributed by atoms with Crippen molar-refractivity contribution in [1.29, 1.82) is 0 Å². The van der Waals surface area contributed by atoms with Gasteiger partial charge < -0.3 is 10.2 Å². The van der Waals surface area contributed by atoms with Crippen molar-refractivity contribution < 1.29 is 4.79 Å². The largest absolute Gasteiger partial charge is 0.325 e. The van der Waals surface area contributed by atoms with E-state index < -0.39 is 0 Å².